The highest BCUT2D eigenvalue weighted by molar-refractivity contribution is 5.91. The van der Waals surface area contributed by atoms with Gasteiger partial charge in [-0.1, -0.05) is 13.5 Å². The zero-order chi connectivity index (χ0) is 7.98. The fourth-order valence-electron chi connectivity index (χ4n) is 0.409. The molecule has 0 aliphatic heterocycles. The normalized spacial score (nSPS) is 8.50. The molecule has 3 nitrogen and oxygen atoms in total. The number of ether oxygens (including phenoxy) is 1. The van der Waals surface area contributed by atoms with E-state index in [9.17, 15) is 9.59 Å². The molecular formula is C7H10O3. The van der Waals surface area contributed by atoms with Gasteiger partial charge in [0, 0.05) is 12.5 Å². The van der Waals surface area contributed by atoms with Crippen LogP contribution in [0.3, 0.4) is 0 Å². The lowest BCUT2D eigenvalue weighted by molar-refractivity contribution is -0.156. The maximum atomic E-state index is 10.5. The molecule has 0 aromatic carbocycles. The predicted octanol–water partition coefficient (Wildman–Crippen LogP) is 1.04. The number of carbonyl (C=O) groups excluding carboxylic acids is 2. The SMILES string of the molecule is C=CC(=O)OC(=O)CCC. The third kappa shape index (κ3) is 3.83. The van der Waals surface area contributed by atoms with Crippen molar-refractivity contribution in [1.29, 1.82) is 0 Å². The number of carbonyl (C=O) groups is 2. The second-order valence-corrected chi connectivity index (χ2v) is 1.75. The minimum atomic E-state index is -0.682. The van der Waals surface area contributed by atoms with Gasteiger partial charge in [-0.15, -0.1) is 0 Å². The third-order valence-electron chi connectivity index (χ3n) is 0.835. The first kappa shape index (κ1) is 8.88. The minimum Gasteiger partial charge on any atom is -0.390 e. The van der Waals surface area contributed by atoms with E-state index < -0.39 is 11.9 Å². The van der Waals surface area contributed by atoms with Crippen LogP contribution in [0.4, 0.5) is 0 Å². The van der Waals surface area contributed by atoms with E-state index >= 15 is 0 Å². The Balaban J connectivity index is 3.57. The molecule has 0 fully saturated rings. The van der Waals surface area contributed by atoms with Gasteiger partial charge in [-0.05, 0) is 6.42 Å². The van der Waals surface area contributed by atoms with Gasteiger partial charge in [-0.25, -0.2) is 4.79 Å². The largest absolute Gasteiger partial charge is 0.390 e. The Morgan fingerprint density at radius 2 is 2.20 bits per heavy atom. The molecule has 0 spiro atoms. The predicted molar refractivity (Wildman–Crippen MR) is 36.2 cm³/mol. The quantitative estimate of drug-likeness (QED) is 0.336. The molecular weight excluding hydrogens is 132 g/mol. The van der Waals surface area contributed by atoms with Crippen LogP contribution in [-0.2, 0) is 14.3 Å². The minimum absolute atomic E-state index is 0.277. The van der Waals surface area contributed by atoms with Crippen molar-refractivity contribution >= 4 is 11.9 Å². The molecule has 0 saturated carbocycles. The van der Waals surface area contributed by atoms with Gasteiger partial charge in [0.25, 0.3) is 0 Å². The summed E-state index contributed by atoms with van der Waals surface area (Å²) in [5.74, 6) is -1.18. The molecule has 56 valence electrons. The summed E-state index contributed by atoms with van der Waals surface area (Å²) in [7, 11) is 0. The Morgan fingerprint density at radius 1 is 1.60 bits per heavy atom. The fourth-order valence-corrected chi connectivity index (χ4v) is 0.409. The van der Waals surface area contributed by atoms with Crippen LogP contribution in [0.2, 0.25) is 0 Å². The molecule has 0 amide bonds. The maximum Gasteiger partial charge on any atom is 0.337 e. The number of hydrogen-bond donors (Lipinski definition) is 0. The molecule has 0 N–H and O–H groups in total. The molecule has 10 heavy (non-hydrogen) atoms. The summed E-state index contributed by atoms with van der Waals surface area (Å²) in [6.45, 7) is 4.98. The van der Waals surface area contributed by atoms with Gasteiger partial charge in [0.05, 0.1) is 0 Å². The van der Waals surface area contributed by atoms with Crippen molar-refractivity contribution in [3.8, 4) is 0 Å². The summed E-state index contributed by atoms with van der Waals surface area (Å²) >= 11 is 0. The first-order chi connectivity index (χ1) is 4.70. The summed E-state index contributed by atoms with van der Waals surface area (Å²) in [4.78, 5) is 20.9. The van der Waals surface area contributed by atoms with Crippen LogP contribution in [0.5, 0.6) is 0 Å². The molecule has 0 bridgehead atoms. The van der Waals surface area contributed by atoms with Crippen LogP contribution in [-0.4, -0.2) is 11.9 Å². The van der Waals surface area contributed by atoms with Crippen molar-refractivity contribution in [2.24, 2.45) is 0 Å². The standard InChI is InChI=1S/C7H10O3/c1-3-5-7(9)10-6(8)4-2/h4H,2-3,5H2,1H3. The third-order valence-corrected chi connectivity index (χ3v) is 0.835. The van der Waals surface area contributed by atoms with Crippen molar-refractivity contribution in [3.05, 3.63) is 12.7 Å². The van der Waals surface area contributed by atoms with E-state index in [4.69, 9.17) is 0 Å². The van der Waals surface area contributed by atoms with Gasteiger partial charge in [0.1, 0.15) is 0 Å². The van der Waals surface area contributed by atoms with Gasteiger partial charge >= 0.3 is 11.9 Å². The molecule has 0 heterocycles. The van der Waals surface area contributed by atoms with E-state index in [0.29, 0.717) is 6.42 Å². The van der Waals surface area contributed by atoms with Crippen molar-refractivity contribution < 1.29 is 14.3 Å². The van der Waals surface area contributed by atoms with Crippen LogP contribution in [0.25, 0.3) is 0 Å². The Morgan fingerprint density at radius 3 is 2.60 bits per heavy atom. The van der Waals surface area contributed by atoms with Crippen molar-refractivity contribution in [1.82, 2.24) is 0 Å². The van der Waals surface area contributed by atoms with Crippen LogP contribution >= 0.6 is 0 Å². The lowest BCUT2D eigenvalue weighted by atomic mass is 10.3. The van der Waals surface area contributed by atoms with Gasteiger partial charge < -0.3 is 4.74 Å². The second kappa shape index (κ2) is 4.73. The van der Waals surface area contributed by atoms with Crippen LogP contribution in [0.15, 0.2) is 12.7 Å². The molecule has 0 aromatic heterocycles. The Kier molecular flexibility index (Phi) is 4.20. The summed E-state index contributed by atoms with van der Waals surface area (Å²) in [5, 5.41) is 0. The molecule has 0 saturated heterocycles. The lowest BCUT2D eigenvalue weighted by Crippen LogP contribution is -2.08. The molecule has 0 unspecified atom stereocenters. The lowest BCUT2D eigenvalue weighted by Gasteiger charge is -1.95. The second-order valence-electron chi connectivity index (χ2n) is 1.75. The fraction of sp³-hybridized carbons (Fsp3) is 0.429. The van der Waals surface area contributed by atoms with E-state index in [2.05, 4.69) is 11.3 Å². The number of hydrogen-bond acceptors (Lipinski definition) is 3. The smallest absolute Gasteiger partial charge is 0.337 e. The van der Waals surface area contributed by atoms with E-state index in [1.165, 1.54) is 0 Å². The molecule has 0 aliphatic rings. The van der Waals surface area contributed by atoms with E-state index in [0.717, 1.165) is 6.08 Å². The summed E-state index contributed by atoms with van der Waals surface area (Å²) in [6.07, 6.45) is 1.93. The van der Waals surface area contributed by atoms with Gasteiger partial charge in [-0.3, -0.25) is 4.79 Å². The van der Waals surface area contributed by atoms with Crippen LogP contribution in [0, 0.1) is 0 Å². The number of esters is 2. The van der Waals surface area contributed by atoms with Gasteiger partial charge in [0.2, 0.25) is 0 Å². The summed E-state index contributed by atoms with van der Waals surface area (Å²) < 4.78 is 4.24. The summed E-state index contributed by atoms with van der Waals surface area (Å²) in [5.41, 5.74) is 0. The maximum absolute atomic E-state index is 10.5. The first-order valence-corrected chi connectivity index (χ1v) is 3.07. The van der Waals surface area contributed by atoms with Crippen molar-refractivity contribution in [2.75, 3.05) is 0 Å². The molecule has 0 rings (SSSR count). The van der Waals surface area contributed by atoms with E-state index in [-0.39, 0.29) is 6.42 Å². The molecule has 0 aromatic rings. The van der Waals surface area contributed by atoms with E-state index in [1.54, 1.807) is 0 Å². The molecule has 0 atom stereocenters. The Labute approximate surface area is 59.7 Å². The van der Waals surface area contributed by atoms with Gasteiger partial charge in [0.15, 0.2) is 0 Å². The number of rotatable bonds is 3. The average Bonchev–Trinajstić information content (AvgIpc) is 1.88. The average molecular weight is 142 g/mol. The zero-order valence-electron chi connectivity index (χ0n) is 5.92. The zero-order valence-corrected chi connectivity index (χ0v) is 5.92. The van der Waals surface area contributed by atoms with Crippen molar-refractivity contribution in [3.63, 3.8) is 0 Å². The monoisotopic (exact) mass is 142 g/mol. The molecule has 0 radical (unpaired) electrons. The topological polar surface area (TPSA) is 43.4 Å². The van der Waals surface area contributed by atoms with Crippen LogP contribution in [0.1, 0.15) is 19.8 Å². The highest BCUT2D eigenvalue weighted by Crippen LogP contribution is 1.91. The summed E-state index contributed by atoms with van der Waals surface area (Å²) in [6, 6.07) is 0. The highest BCUT2D eigenvalue weighted by atomic mass is 16.6. The molecule has 0 aliphatic carbocycles. The highest BCUT2D eigenvalue weighted by Gasteiger charge is 2.03. The van der Waals surface area contributed by atoms with E-state index in [1.807, 2.05) is 6.92 Å². The Bertz CT molecular complexity index is 149. The van der Waals surface area contributed by atoms with Crippen molar-refractivity contribution in [2.45, 2.75) is 19.8 Å². The first-order valence-electron chi connectivity index (χ1n) is 3.07. The van der Waals surface area contributed by atoms with Gasteiger partial charge in [-0.2, -0.15) is 0 Å². The Hall–Kier alpha value is -1.12. The van der Waals surface area contributed by atoms with Crippen LogP contribution < -0.4 is 0 Å². The molecule has 3 heteroatoms.